The Morgan fingerprint density at radius 1 is 1.43 bits per heavy atom. The number of methoxy groups -OCH3 is 1. The van der Waals surface area contributed by atoms with E-state index in [4.69, 9.17) is 0 Å². The fraction of sp³-hybridized carbons (Fsp3) is 0.308. The Balaban J connectivity index is 2.14. The predicted octanol–water partition coefficient (Wildman–Crippen LogP) is 1.89. The molecule has 0 radical (unpaired) electrons. The third-order valence-corrected chi connectivity index (χ3v) is 3.93. The molecule has 1 N–H and O–H groups in total. The van der Waals surface area contributed by atoms with Crippen LogP contribution in [0.5, 0.6) is 0 Å². The summed E-state index contributed by atoms with van der Waals surface area (Å²) in [5.74, 6) is -1.31. The number of nitrogens with zero attached hydrogens (tertiary/aromatic N) is 3. The van der Waals surface area contributed by atoms with Crippen molar-refractivity contribution in [2.24, 2.45) is 0 Å². The maximum absolute atomic E-state index is 12.1. The number of hydrogen-bond donors (Lipinski definition) is 1. The van der Waals surface area contributed by atoms with Gasteiger partial charge in [0.15, 0.2) is 0 Å². The second kappa shape index (κ2) is 6.57. The van der Waals surface area contributed by atoms with E-state index in [0.717, 1.165) is 4.88 Å². The van der Waals surface area contributed by atoms with Crippen LogP contribution in [-0.4, -0.2) is 33.7 Å². The number of carbonyl (C=O) groups excluding carboxylic acids is 2. The third kappa shape index (κ3) is 3.72. The molecular weight excluding hydrogens is 324 g/mol. The normalized spacial score (nSPS) is 10.4. The highest BCUT2D eigenvalue weighted by atomic mass is 32.1. The summed E-state index contributed by atoms with van der Waals surface area (Å²) in [6.45, 7) is 3.22. The molecule has 0 aliphatic heterocycles. The van der Waals surface area contributed by atoms with Crippen molar-refractivity contribution in [3.05, 3.63) is 38.4 Å². The van der Waals surface area contributed by atoms with Gasteiger partial charge in [-0.2, -0.15) is 4.68 Å². The molecule has 0 unspecified atom stereocenters. The Hall–Kier alpha value is -2.75. The largest absolute Gasteiger partial charge is 0.465 e. The Bertz CT molecular complexity index is 779. The lowest BCUT2D eigenvalue weighted by atomic mass is 10.3. The first-order valence-electron chi connectivity index (χ1n) is 6.49. The number of aromatic nitrogens is 2. The monoisotopic (exact) mass is 338 g/mol. The van der Waals surface area contributed by atoms with Crippen LogP contribution in [0.15, 0.2) is 12.1 Å². The Morgan fingerprint density at radius 3 is 2.70 bits per heavy atom. The van der Waals surface area contributed by atoms with Crippen LogP contribution in [0.25, 0.3) is 0 Å². The standard InChI is InChI=1S/C13H14N4O5S/c1-7-4-10(17(20)21)15-16(7)6-11(18)14-12-9(13(19)22-3)5-8(2)23-12/h4-5H,6H2,1-3H3,(H,14,18). The van der Waals surface area contributed by atoms with Gasteiger partial charge in [-0.1, -0.05) is 0 Å². The van der Waals surface area contributed by atoms with E-state index in [2.05, 4.69) is 15.2 Å². The summed E-state index contributed by atoms with van der Waals surface area (Å²) < 4.78 is 5.89. The van der Waals surface area contributed by atoms with Gasteiger partial charge in [-0.25, -0.2) is 4.79 Å². The van der Waals surface area contributed by atoms with Gasteiger partial charge in [0.25, 0.3) is 0 Å². The molecule has 0 spiro atoms. The number of ether oxygens (including phenoxy) is 1. The van der Waals surface area contributed by atoms with E-state index in [1.807, 2.05) is 0 Å². The van der Waals surface area contributed by atoms with Crippen LogP contribution in [0.1, 0.15) is 20.9 Å². The number of rotatable bonds is 5. The first-order chi connectivity index (χ1) is 10.8. The number of anilines is 1. The Morgan fingerprint density at radius 2 is 2.13 bits per heavy atom. The maximum atomic E-state index is 12.1. The fourth-order valence-electron chi connectivity index (χ4n) is 1.91. The van der Waals surface area contributed by atoms with Crippen LogP contribution in [-0.2, 0) is 16.1 Å². The number of aryl methyl sites for hydroxylation is 2. The summed E-state index contributed by atoms with van der Waals surface area (Å²) in [5.41, 5.74) is 0.758. The minimum atomic E-state index is -0.626. The molecule has 2 heterocycles. The fourth-order valence-corrected chi connectivity index (χ4v) is 2.83. The number of esters is 1. The molecule has 0 saturated carbocycles. The number of nitrogens with one attached hydrogen (secondary N) is 1. The van der Waals surface area contributed by atoms with Gasteiger partial charge in [-0.3, -0.25) is 4.79 Å². The molecule has 2 rings (SSSR count). The van der Waals surface area contributed by atoms with Crippen molar-refractivity contribution >= 4 is 34.0 Å². The molecule has 0 aromatic carbocycles. The summed E-state index contributed by atoms with van der Waals surface area (Å²) in [6.07, 6.45) is 0. The van der Waals surface area contributed by atoms with Crippen molar-refractivity contribution < 1.29 is 19.2 Å². The van der Waals surface area contributed by atoms with E-state index >= 15 is 0 Å². The quantitative estimate of drug-likeness (QED) is 0.505. The SMILES string of the molecule is COC(=O)c1cc(C)sc1NC(=O)Cn1nc([N+](=O)[O-])cc1C. The second-order valence-corrected chi connectivity index (χ2v) is 5.95. The number of nitro groups is 1. The lowest BCUT2D eigenvalue weighted by Crippen LogP contribution is -2.21. The van der Waals surface area contributed by atoms with Crippen molar-refractivity contribution in [3.8, 4) is 0 Å². The summed E-state index contributed by atoms with van der Waals surface area (Å²) in [6, 6.07) is 2.90. The highest BCUT2D eigenvalue weighted by molar-refractivity contribution is 7.16. The minimum absolute atomic E-state index is 0.197. The first-order valence-corrected chi connectivity index (χ1v) is 7.31. The summed E-state index contributed by atoms with van der Waals surface area (Å²) in [4.78, 5) is 34.7. The number of hydrogen-bond acceptors (Lipinski definition) is 7. The molecule has 0 bridgehead atoms. The zero-order chi connectivity index (χ0) is 17.1. The third-order valence-electron chi connectivity index (χ3n) is 2.96. The Labute approximate surface area is 135 Å². The van der Waals surface area contributed by atoms with E-state index in [0.29, 0.717) is 10.7 Å². The highest BCUT2D eigenvalue weighted by Gasteiger charge is 2.20. The topological polar surface area (TPSA) is 116 Å². The molecule has 9 nitrogen and oxygen atoms in total. The molecule has 122 valence electrons. The highest BCUT2D eigenvalue weighted by Crippen LogP contribution is 2.28. The van der Waals surface area contributed by atoms with Gasteiger partial charge in [0.2, 0.25) is 5.91 Å². The molecule has 1 amide bonds. The summed E-state index contributed by atoms with van der Waals surface area (Å²) >= 11 is 1.24. The zero-order valence-corrected chi connectivity index (χ0v) is 13.5. The van der Waals surface area contributed by atoms with Crippen molar-refractivity contribution in [1.82, 2.24) is 9.78 Å². The molecule has 23 heavy (non-hydrogen) atoms. The van der Waals surface area contributed by atoms with Crippen molar-refractivity contribution in [1.29, 1.82) is 0 Å². The number of carbonyl (C=O) groups is 2. The van der Waals surface area contributed by atoms with Crippen LogP contribution in [0.2, 0.25) is 0 Å². The molecule has 2 aromatic heterocycles. The molecule has 0 fully saturated rings. The molecule has 10 heteroatoms. The van der Waals surface area contributed by atoms with Gasteiger partial charge in [0.1, 0.15) is 11.5 Å². The number of thiophene rings is 1. The molecule has 2 aromatic rings. The van der Waals surface area contributed by atoms with Crippen LogP contribution in [0.4, 0.5) is 10.8 Å². The predicted molar refractivity (Wildman–Crippen MR) is 82.6 cm³/mol. The van der Waals surface area contributed by atoms with Crippen LogP contribution >= 0.6 is 11.3 Å². The van der Waals surface area contributed by atoms with Crippen LogP contribution < -0.4 is 5.32 Å². The average molecular weight is 338 g/mol. The van der Waals surface area contributed by atoms with Gasteiger partial charge < -0.3 is 20.2 Å². The lowest BCUT2D eigenvalue weighted by molar-refractivity contribution is -0.389. The van der Waals surface area contributed by atoms with Gasteiger partial charge >= 0.3 is 11.8 Å². The van der Waals surface area contributed by atoms with Gasteiger partial charge in [0.05, 0.1) is 29.5 Å². The second-order valence-electron chi connectivity index (χ2n) is 4.70. The molecular formula is C13H14N4O5S. The van der Waals surface area contributed by atoms with Crippen molar-refractivity contribution in [2.75, 3.05) is 12.4 Å². The molecule has 0 saturated heterocycles. The van der Waals surface area contributed by atoms with Crippen LogP contribution in [0.3, 0.4) is 0 Å². The summed E-state index contributed by atoms with van der Waals surface area (Å²) in [7, 11) is 1.26. The van der Waals surface area contributed by atoms with Crippen molar-refractivity contribution in [2.45, 2.75) is 20.4 Å². The summed E-state index contributed by atoms with van der Waals surface area (Å²) in [5, 5.41) is 17.4. The molecule has 0 atom stereocenters. The minimum Gasteiger partial charge on any atom is -0.465 e. The van der Waals surface area contributed by atoms with E-state index in [-0.39, 0.29) is 17.9 Å². The van der Waals surface area contributed by atoms with Gasteiger partial charge in [0, 0.05) is 4.88 Å². The van der Waals surface area contributed by atoms with E-state index in [1.165, 1.54) is 29.2 Å². The smallest absolute Gasteiger partial charge is 0.390 e. The van der Waals surface area contributed by atoms with E-state index < -0.39 is 16.8 Å². The van der Waals surface area contributed by atoms with Crippen LogP contribution in [0, 0.1) is 24.0 Å². The average Bonchev–Trinajstić information content (AvgIpc) is 3.02. The maximum Gasteiger partial charge on any atom is 0.390 e. The Kier molecular flexibility index (Phi) is 4.74. The lowest BCUT2D eigenvalue weighted by Gasteiger charge is -2.04. The van der Waals surface area contributed by atoms with Crippen molar-refractivity contribution in [3.63, 3.8) is 0 Å². The number of amides is 1. The van der Waals surface area contributed by atoms with E-state index in [1.54, 1.807) is 19.9 Å². The first kappa shape index (κ1) is 16.6. The molecule has 0 aliphatic carbocycles. The molecule has 0 aliphatic rings. The van der Waals surface area contributed by atoms with Gasteiger partial charge in [-0.15, -0.1) is 11.3 Å². The van der Waals surface area contributed by atoms with Gasteiger partial charge in [-0.05, 0) is 24.8 Å². The van der Waals surface area contributed by atoms with E-state index in [9.17, 15) is 19.7 Å². The zero-order valence-electron chi connectivity index (χ0n) is 12.7.